The molecule has 0 bridgehead atoms. The Labute approximate surface area is 183 Å². The third-order valence-electron chi connectivity index (χ3n) is 5.94. The summed E-state index contributed by atoms with van der Waals surface area (Å²) in [6.07, 6.45) is 3.39. The van der Waals surface area contributed by atoms with E-state index in [1.807, 2.05) is 36.4 Å². The van der Waals surface area contributed by atoms with Gasteiger partial charge in [0, 0.05) is 64.2 Å². The average molecular weight is 437 g/mol. The van der Waals surface area contributed by atoms with Gasteiger partial charge in [-0.2, -0.15) is 5.10 Å². The number of pyridine rings is 1. The molecule has 30 heavy (non-hydrogen) atoms. The lowest BCUT2D eigenvalue weighted by Gasteiger charge is -2.17. The van der Waals surface area contributed by atoms with E-state index >= 15 is 0 Å². The molecule has 0 spiro atoms. The quantitative estimate of drug-likeness (QED) is 0.450. The molecule has 2 aliphatic rings. The highest BCUT2D eigenvalue weighted by Gasteiger charge is 2.32. The third kappa shape index (κ3) is 2.88. The van der Waals surface area contributed by atoms with Crippen LogP contribution >= 0.6 is 23.2 Å². The topological polar surface area (TPSA) is 62.8 Å². The van der Waals surface area contributed by atoms with Gasteiger partial charge >= 0.3 is 0 Å². The maximum absolute atomic E-state index is 6.53. The molecule has 6 rings (SSSR count). The summed E-state index contributed by atoms with van der Waals surface area (Å²) in [5.41, 5.74) is 7.38. The molecule has 2 N–H and O–H groups in total. The highest BCUT2D eigenvalue weighted by molar-refractivity contribution is 6.31. The van der Waals surface area contributed by atoms with Crippen molar-refractivity contribution in [2.45, 2.75) is 25.5 Å². The number of H-pyrrole nitrogens is 1. The van der Waals surface area contributed by atoms with Gasteiger partial charge in [-0.05, 0) is 35.9 Å². The van der Waals surface area contributed by atoms with E-state index in [2.05, 4.69) is 20.5 Å². The number of benzene rings is 2. The molecule has 4 aromatic rings. The highest BCUT2D eigenvalue weighted by Crippen LogP contribution is 2.46. The molecule has 0 radical (unpaired) electrons. The fourth-order valence-electron chi connectivity index (χ4n) is 4.55. The van der Waals surface area contributed by atoms with Crippen LogP contribution in [0.1, 0.15) is 28.6 Å². The fraction of sp³-hybridized carbons (Fsp3) is 0.217. The van der Waals surface area contributed by atoms with Crippen molar-refractivity contribution in [3.8, 4) is 16.9 Å². The summed E-state index contributed by atoms with van der Waals surface area (Å²) in [4.78, 5) is 4.47. The number of aromatic nitrogens is 3. The Balaban J connectivity index is 1.46. The van der Waals surface area contributed by atoms with Crippen LogP contribution in [0.25, 0.3) is 22.0 Å². The zero-order chi connectivity index (χ0) is 20.2. The highest BCUT2D eigenvalue weighted by atomic mass is 35.5. The van der Waals surface area contributed by atoms with E-state index in [0.29, 0.717) is 10.0 Å². The van der Waals surface area contributed by atoms with Gasteiger partial charge in [0.05, 0.1) is 16.9 Å². The van der Waals surface area contributed by atoms with E-state index < -0.39 is 0 Å². The largest absolute Gasteiger partial charge is 0.483 e. The molecule has 0 saturated heterocycles. The van der Waals surface area contributed by atoms with Crippen LogP contribution in [0.15, 0.2) is 42.6 Å². The van der Waals surface area contributed by atoms with Gasteiger partial charge in [-0.3, -0.25) is 10.1 Å². The lowest BCUT2D eigenvalue weighted by molar-refractivity contribution is 0.232. The van der Waals surface area contributed by atoms with Crippen LogP contribution in [0.4, 0.5) is 0 Å². The molecule has 0 unspecified atom stereocenters. The minimum absolute atomic E-state index is 0.101. The summed E-state index contributed by atoms with van der Waals surface area (Å²) in [6.45, 7) is 1.78. The Morgan fingerprint density at radius 1 is 1.03 bits per heavy atom. The number of hydrogen-bond acceptors (Lipinski definition) is 4. The van der Waals surface area contributed by atoms with E-state index in [0.717, 1.165) is 70.7 Å². The maximum Gasteiger partial charge on any atom is 0.144 e. The Kier molecular flexibility index (Phi) is 4.23. The standard InChI is InChI=1S/C23H18Cl2N4O/c24-13-1-2-16-15(3-6-27-20(16)10-13)17-9-14(25)7-12-8-21(30-23(12)17)22-18-11-26-5-4-19(18)28-29-22/h1-3,6-7,9-10,21,26H,4-5,8,11H2,(H,28,29)/t21-/m1/s1. The molecule has 5 nitrogen and oxygen atoms in total. The zero-order valence-corrected chi connectivity index (χ0v) is 17.5. The Bertz CT molecular complexity index is 1300. The molecule has 0 saturated carbocycles. The molecule has 2 aliphatic heterocycles. The second-order valence-corrected chi connectivity index (χ2v) is 8.63. The van der Waals surface area contributed by atoms with Crippen LogP contribution in [0.3, 0.4) is 0 Å². The first-order valence-electron chi connectivity index (χ1n) is 9.98. The number of nitrogens with zero attached hydrogens (tertiary/aromatic N) is 2. The van der Waals surface area contributed by atoms with Gasteiger partial charge < -0.3 is 10.1 Å². The number of nitrogens with one attached hydrogen (secondary N) is 2. The number of fused-ring (bicyclic) bond motifs is 3. The van der Waals surface area contributed by atoms with Crippen LogP contribution in [0, 0.1) is 0 Å². The maximum atomic E-state index is 6.53. The molecule has 2 aromatic heterocycles. The number of hydrogen-bond donors (Lipinski definition) is 2. The van der Waals surface area contributed by atoms with E-state index in [-0.39, 0.29) is 6.10 Å². The molecule has 0 fully saturated rings. The number of aromatic amines is 1. The van der Waals surface area contributed by atoms with E-state index in [1.54, 1.807) is 6.20 Å². The Hall–Kier alpha value is -2.60. The molecule has 7 heteroatoms. The first kappa shape index (κ1) is 18.2. The lowest BCUT2D eigenvalue weighted by atomic mass is 9.97. The lowest BCUT2D eigenvalue weighted by Crippen LogP contribution is -2.24. The van der Waals surface area contributed by atoms with Gasteiger partial charge in [-0.1, -0.05) is 29.3 Å². The minimum atomic E-state index is -0.101. The van der Waals surface area contributed by atoms with Crippen LogP contribution in [-0.4, -0.2) is 21.7 Å². The van der Waals surface area contributed by atoms with Gasteiger partial charge in [0.2, 0.25) is 0 Å². The number of rotatable bonds is 2. The number of halogens is 2. The molecular weight excluding hydrogens is 419 g/mol. The molecule has 4 heterocycles. The van der Waals surface area contributed by atoms with Gasteiger partial charge in [0.25, 0.3) is 0 Å². The second kappa shape index (κ2) is 6.98. The van der Waals surface area contributed by atoms with Crippen molar-refractivity contribution >= 4 is 34.1 Å². The first-order chi connectivity index (χ1) is 14.7. The van der Waals surface area contributed by atoms with Crippen molar-refractivity contribution in [2.75, 3.05) is 6.54 Å². The van der Waals surface area contributed by atoms with Crippen molar-refractivity contribution < 1.29 is 4.74 Å². The SMILES string of the molecule is Clc1cc2c(c(-c3ccnc4cc(Cl)ccc34)c1)O[C@@H](c1[nH]nc3c1CNCC3)C2. The Morgan fingerprint density at radius 2 is 1.97 bits per heavy atom. The van der Waals surface area contributed by atoms with Crippen LogP contribution in [-0.2, 0) is 19.4 Å². The zero-order valence-electron chi connectivity index (χ0n) is 16.0. The average Bonchev–Trinajstić information content (AvgIpc) is 3.36. The third-order valence-corrected chi connectivity index (χ3v) is 6.39. The van der Waals surface area contributed by atoms with Gasteiger partial charge in [0.1, 0.15) is 11.9 Å². The van der Waals surface area contributed by atoms with Gasteiger partial charge in [-0.25, -0.2) is 0 Å². The predicted molar refractivity (Wildman–Crippen MR) is 118 cm³/mol. The summed E-state index contributed by atoms with van der Waals surface area (Å²) in [5, 5.41) is 13.6. The van der Waals surface area contributed by atoms with Crippen LogP contribution in [0.5, 0.6) is 5.75 Å². The van der Waals surface area contributed by atoms with E-state index in [1.165, 1.54) is 5.56 Å². The summed E-state index contributed by atoms with van der Waals surface area (Å²) >= 11 is 12.7. The number of ether oxygens (including phenoxy) is 1. The van der Waals surface area contributed by atoms with Gasteiger partial charge in [0.15, 0.2) is 0 Å². The van der Waals surface area contributed by atoms with Crippen molar-refractivity contribution in [3.05, 3.63) is 75.2 Å². The summed E-state index contributed by atoms with van der Waals surface area (Å²) in [5.74, 6) is 0.874. The molecule has 150 valence electrons. The molecule has 1 atom stereocenters. The molecular formula is C23H18Cl2N4O. The predicted octanol–water partition coefficient (Wildman–Crippen LogP) is 5.25. The normalized spacial score (nSPS) is 17.6. The van der Waals surface area contributed by atoms with Crippen molar-refractivity contribution in [1.82, 2.24) is 20.5 Å². The fourth-order valence-corrected chi connectivity index (χ4v) is 4.96. The van der Waals surface area contributed by atoms with Crippen molar-refractivity contribution in [2.24, 2.45) is 0 Å². The summed E-state index contributed by atoms with van der Waals surface area (Å²) in [6, 6.07) is 11.7. The van der Waals surface area contributed by atoms with Crippen LogP contribution < -0.4 is 10.1 Å². The Morgan fingerprint density at radius 3 is 2.90 bits per heavy atom. The van der Waals surface area contributed by atoms with Crippen LogP contribution in [0.2, 0.25) is 10.0 Å². The molecule has 2 aromatic carbocycles. The summed E-state index contributed by atoms with van der Waals surface area (Å²) < 4.78 is 6.53. The second-order valence-electron chi connectivity index (χ2n) is 7.76. The van der Waals surface area contributed by atoms with E-state index in [9.17, 15) is 0 Å². The van der Waals surface area contributed by atoms with Crippen molar-refractivity contribution in [3.63, 3.8) is 0 Å². The first-order valence-corrected chi connectivity index (χ1v) is 10.7. The van der Waals surface area contributed by atoms with Crippen molar-refractivity contribution in [1.29, 1.82) is 0 Å². The monoisotopic (exact) mass is 436 g/mol. The molecule has 0 amide bonds. The smallest absolute Gasteiger partial charge is 0.144 e. The van der Waals surface area contributed by atoms with E-state index in [4.69, 9.17) is 27.9 Å². The molecule has 0 aliphatic carbocycles. The summed E-state index contributed by atoms with van der Waals surface area (Å²) in [7, 11) is 0. The van der Waals surface area contributed by atoms with Gasteiger partial charge in [-0.15, -0.1) is 0 Å². The minimum Gasteiger partial charge on any atom is -0.483 e.